The summed E-state index contributed by atoms with van der Waals surface area (Å²) in [4.78, 5) is 21.5. The van der Waals surface area contributed by atoms with E-state index in [-0.39, 0.29) is 5.91 Å². The van der Waals surface area contributed by atoms with E-state index in [4.69, 9.17) is 9.15 Å². The van der Waals surface area contributed by atoms with E-state index < -0.39 is 0 Å². The maximum atomic E-state index is 12.9. The number of benzene rings is 2. The van der Waals surface area contributed by atoms with Crippen LogP contribution in [-0.2, 0) is 6.42 Å². The SMILES string of the molecule is COc1ccc(Cc2nc3ccc(C(=O)N4CCC(N(C)C)C4)cc3o2)cc1. The highest BCUT2D eigenvalue weighted by Gasteiger charge is 2.28. The van der Waals surface area contributed by atoms with Gasteiger partial charge >= 0.3 is 0 Å². The lowest BCUT2D eigenvalue weighted by Crippen LogP contribution is -2.34. The summed E-state index contributed by atoms with van der Waals surface area (Å²) in [7, 11) is 5.77. The Kier molecular flexibility index (Phi) is 5.05. The molecular formula is C22H25N3O3. The molecule has 1 aliphatic heterocycles. The molecule has 1 fully saturated rings. The molecule has 28 heavy (non-hydrogen) atoms. The molecule has 1 amide bonds. The van der Waals surface area contributed by atoms with Gasteiger partial charge in [0.1, 0.15) is 11.3 Å². The minimum atomic E-state index is 0.0550. The smallest absolute Gasteiger partial charge is 0.254 e. The van der Waals surface area contributed by atoms with Gasteiger partial charge < -0.3 is 19.0 Å². The van der Waals surface area contributed by atoms with E-state index in [0.29, 0.717) is 29.5 Å². The van der Waals surface area contributed by atoms with E-state index in [2.05, 4.69) is 24.0 Å². The first-order valence-electron chi connectivity index (χ1n) is 9.51. The van der Waals surface area contributed by atoms with E-state index in [1.165, 1.54) is 0 Å². The van der Waals surface area contributed by atoms with Gasteiger partial charge in [-0.1, -0.05) is 12.1 Å². The van der Waals surface area contributed by atoms with Crippen LogP contribution >= 0.6 is 0 Å². The van der Waals surface area contributed by atoms with Gasteiger partial charge in [-0.2, -0.15) is 0 Å². The van der Waals surface area contributed by atoms with Crippen molar-refractivity contribution in [3.05, 3.63) is 59.5 Å². The van der Waals surface area contributed by atoms with Gasteiger partial charge in [0.2, 0.25) is 0 Å². The molecule has 0 bridgehead atoms. The molecule has 1 unspecified atom stereocenters. The zero-order valence-electron chi connectivity index (χ0n) is 16.5. The molecule has 0 N–H and O–H groups in total. The summed E-state index contributed by atoms with van der Waals surface area (Å²) in [6.07, 6.45) is 1.61. The number of rotatable bonds is 5. The summed E-state index contributed by atoms with van der Waals surface area (Å²) < 4.78 is 11.1. The standard InChI is InChI=1S/C22H25N3O3/c1-24(2)17-10-11-25(14-17)22(26)16-6-9-19-20(13-16)28-21(23-19)12-15-4-7-18(27-3)8-5-15/h4-9,13,17H,10-12,14H2,1-3H3. The van der Waals surface area contributed by atoms with Crippen LogP contribution in [0.25, 0.3) is 11.1 Å². The molecule has 3 aromatic rings. The second-order valence-electron chi connectivity index (χ2n) is 7.47. The van der Waals surface area contributed by atoms with Crippen molar-refractivity contribution in [1.29, 1.82) is 0 Å². The van der Waals surface area contributed by atoms with Gasteiger partial charge in [-0.05, 0) is 56.4 Å². The fourth-order valence-corrected chi connectivity index (χ4v) is 3.63. The largest absolute Gasteiger partial charge is 0.497 e. The van der Waals surface area contributed by atoms with Gasteiger partial charge in [0.05, 0.1) is 7.11 Å². The third-order valence-corrected chi connectivity index (χ3v) is 5.37. The van der Waals surface area contributed by atoms with Crippen LogP contribution < -0.4 is 4.74 Å². The molecule has 0 spiro atoms. The third kappa shape index (κ3) is 3.73. The van der Waals surface area contributed by atoms with E-state index in [0.717, 1.165) is 36.3 Å². The Morgan fingerprint density at radius 1 is 1.25 bits per heavy atom. The van der Waals surface area contributed by atoms with Crippen LogP contribution in [0.3, 0.4) is 0 Å². The van der Waals surface area contributed by atoms with Crippen molar-refractivity contribution in [1.82, 2.24) is 14.8 Å². The molecule has 2 aromatic carbocycles. The predicted octanol–water partition coefficient (Wildman–Crippen LogP) is 3.20. The second-order valence-corrected chi connectivity index (χ2v) is 7.47. The molecule has 0 saturated carbocycles. The lowest BCUT2D eigenvalue weighted by molar-refractivity contribution is 0.0783. The summed E-state index contributed by atoms with van der Waals surface area (Å²) in [5.41, 5.74) is 3.17. The molecule has 2 heterocycles. The Morgan fingerprint density at radius 3 is 2.71 bits per heavy atom. The Morgan fingerprint density at radius 2 is 2.04 bits per heavy atom. The molecule has 4 rings (SSSR count). The van der Waals surface area contributed by atoms with Crippen LogP contribution in [0.15, 0.2) is 46.9 Å². The highest BCUT2D eigenvalue weighted by atomic mass is 16.5. The van der Waals surface area contributed by atoms with Crippen molar-refractivity contribution in [3.63, 3.8) is 0 Å². The normalized spacial score (nSPS) is 16.9. The molecule has 1 saturated heterocycles. The number of ether oxygens (including phenoxy) is 1. The quantitative estimate of drug-likeness (QED) is 0.681. The Labute approximate surface area is 164 Å². The van der Waals surface area contributed by atoms with Crippen molar-refractivity contribution < 1.29 is 13.9 Å². The molecule has 146 valence electrons. The van der Waals surface area contributed by atoms with Gasteiger partial charge in [-0.25, -0.2) is 4.98 Å². The van der Waals surface area contributed by atoms with E-state index in [1.807, 2.05) is 47.4 Å². The first kappa shape index (κ1) is 18.5. The summed E-state index contributed by atoms with van der Waals surface area (Å²) in [5.74, 6) is 1.51. The zero-order chi connectivity index (χ0) is 19.7. The molecule has 0 aliphatic carbocycles. The average molecular weight is 379 g/mol. The van der Waals surface area contributed by atoms with E-state index >= 15 is 0 Å². The molecule has 1 aliphatic rings. The number of likely N-dealkylation sites (N-methyl/N-ethyl adjacent to an activating group) is 1. The average Bonchev–Trinajstić information content (AvgIpc) is 3.34. The molecular weight excluding hydrogens is 354 g/mol. The van der Waals surface area contributed by atoms with Gasteiger partial charge in [-0.15, -0.1) is 0 Å². The van der Waals surface area contributed by atoms with Crippen molar-refractivity contribution in [2.45, 2.75) is 18.9 Å². The van der Waals surface area contributed by atoms with Crippen LogP contribution in [0.5, 0.6) is 5.75 Å². The molecule has 1 atom stereocenters. The maximum Gasteiger partial charge on any atom is 0.254 e. The number of likely N-dealkylation sites (tertiary alicyclic amines) is 1. The summed E-state index contributed by atoms with van der Waals surface area (Å²) in [5, 5.41) is 0. The van der Waals surface area contributed by atoms with Gasteiger partial charge in [0, 0.05) is 31.1 Å². The van der Waals surface area contributed by atoms with Crippen LogP contribution in [0.2, 0.25) is 0 Å². The first-order valence-corrected chi connectivity index (χ1v) is 9.51. The molecule has 0 radical (unpaired) electrons. The van der Waals surface area contributed by atoms with Crippen molar-refractivity contribution in [3.8, 4) is 5.75 Å². The van der Waals surface area contributed by atoms with Crippen molar-refractivity contribution in [2.24, 2.45) is 0 Å². The number of fused-ring (bicyclic) bond motifs is 1. The maximum absolute atomic E-state index is 12.9. The minimum Gasteiger partial charge on any atom is -0.497 e. The number of oxazole rings is 1. The number of nitrogens with zero attached hydrogens (tertiary/aromatic N) is 3. The number of aromatic nitrogens is 1. The van der Waals surface area contributed by atoms with E-state index in [1.54, 1.807) is 7.11 Å². The lowest BCUT2D eigenvalue weighted by atomic mass is 10.1. The second kappa shape index (κ2) is 7.64. The molecule has 6 heteroatoms. The summed E-state index contributed by atoms with van der Waals surface area (Å²) in [6, 6.07) is 13.8. The number of methoxy groups -OCH3 is 1. The number of carbonyl (C=O) groups excluding carboxylic acids is 1. The Bertz CT molecular complexity index is 978. The highest BCUT2D eigenvalue weighted by Crippen LogP contribution is 2.23. The fraction of sp³-hybridized carbons (Fsp3) is 0.364. The highest BCUT2D eigenvalue weighted by molar-refractivity contribution is 5.97. The van der Waals surface area contributed by atoms with Crippen molar-refractivity contribution in [2.75, 3.05) is 34.3 Å². The number of carbonyl (C=O) groups is 1. The van der Waals surface area contributed by atoms with Gasteiger partial charge in [-0.3, -0.25) is 4.79 Å². The molecule has 1 aromatic heterocycles. The van der Waals surface area contributed by atoms with Gasteiger partial charge in [0.25, 0.3) is 5.91 Å². The predicted molar refractivity (Wildman–Crippen MR) is 108 cm³/mol. The lowest BCUT2D eigenvalue weighted by Gasteiger charge is -2.20. The Balaban J connectivity index is 1.50. The number of hydrogen-bond donors (Lipinski definition) is 0. The zero-order valence-corrected chi connectivity index (χ0v) is 16.5. The van der Waals surface area contributed by atoms with Crippen LogP contribution in [0, 0.1) is 0 Å². The van der Waals surface area contributed by atoms with Crippen LogP contribution in [0.4, 0.5) is 0 Å². The van der Waals surface area contributed by atoms with Crippen LogP contribution in [-0.4, -0.2) is 61.0 Å². The summed E-state index contributed by atoms with van der Waals surface area (Å²) in [6.45, 7) is 1.56. The van der Waals surface area contributed by atoms with Crippen molar-refractivity contribution >= 4 is 17.0 Å². The monoisotopic (exact) mass is 379 g/mol. The van der Waals surface area contributed by atoms with E-state index in [9.17, 15) is 4.79 Å². The van der Waals surface area contributed by atoms with Crippen LogP contribution in [0.1, 0.15) is 28.2 Å². The molecule has 6 nitrogen and oxygen atoms in total. The summed E-state index contributed by atoms with van der Waals surface area (Å²) >= 11 is 0. The fourth-order valence-electron chi connectivity index (χ4n) is 3.63. The first-order chi connectivity index (χ1) is 13.5. The minimum absolute atomic E-state index is 0.0550. The van der Waals surface area contributed by atoms with Gasteiger partial charge in [0.15, 0.2) is 11.5 Å². The third-order valence-electron chi connectivity index (χ3n) is 5.37. The number of hydrogen-bond acceptors (Lipinski definition) is 5. The topological polar surface area (TPSA) is 58.8 Å². The number of amides is 1. The Hall–Kier alpha value is -2.86.